The van der Waals surface area contributed by atoms with Crippen LogP contribution in [0.25, 0.3) is 0 Å². The summed E-state index contributed by atoms with van der Waals surface area (Å²) in [5.74, 6) is -0.698. The Balaban J connectivity index is 3.21. The summed E-state index contributed by atoms with van der Waals surface area (Å²) in [6, 6.07) is 4.93. The van der Waals surface area contributed by atoms with E-state index in [9.17, 15) is 9.90 Å². The molecule has 1 rings (SSSR count). The number of carbonyl (C=O) groups is 1. The maximum absolute atomic E-state index is 11.2. The number of halogens is 1. The molecule has 0 unspecified atom stereocenters. The van der Waals surface area contributed by atoms with Crippen molar-refractivity contribution in [3.63, 3.8) is 0 Å². The predicted octanol–water partition coefficient (Wildman–Crippen LogP) is 4.42. The van der Waals surface area contributed by atoms with E-state index in [2.05, 4.69) is 33.9 Å². The van der Waals surface area contributed by atoms with Crippen LogP contribution in [-0.4, -0.2) is 19.4 Å². The summed E-state index contributed by atoms with van der Waals surface area (Å²) in [6.07, 6.45) is 0. The number of hydrogen-bond acceptors (Lipinski definition) is 2. The van der Waals surface area contributed by atoms with E-state index in [1.54, 1.807) is 18.2 Å². The molecule has 1 aromatic carbocycles. The summed E-state index contributed by atoms with van der Waals surface area (Å²) in [5, 5.41) is 9.41. The van der Waals surface area contributed by atoms with Crippen LogP contribution in [-0.2, 0) is 0 Å². The van der Waals surface area contributed by atoms with Crippen molar-refractivity contribution in [2.24, 2.45) is 0 Å². The SMILES string of the molecule is CC(C)(C)[Si](C)(C)Oc1cccc(Cl)c1C(=O)O. The first-order valence-corrected chi connectivity index (χ1v) is 9.06. The van der Waals surface area contributed by atoms with Crippen LogP contribution >= 0.6 is 11.6 Å². The summed E-state index contributed by atoms with van der Waals surface area (Å²) < 4.78 is 6.01. The number of benzene rings is 1. The average Bonchev–Trinajstić information content (AvgIpc) is 2.14. The standard InChI is InChI=1S/C13H19ClO3Si/c1-13(2,3)18(4,5)17-10-8-6-7-9(14)11(10)12(15)16/h6-8H,1-5H3,(H,15,16). The Morgan fingerprint density at radius 3 is 2.33 bits per heavy atom. The second kappa shape index (κ2) is 4.94. The zero-order valence-electron chi connectivity index (χ0n) is 11.4. The zero-order chi connectivity index (χ0) is 14.1. The van der Waals surface area contributed by atoms with E-state index in [1.807, 2.05) is 0 Å². The molecule has 1 aromatic rings. The van der Waals surface area contributed by atoms with Crippen molar-refractivity contribution in [1.29, 1.82) is 0 Å². The van der Waals surface area contributed by atoms with E-state index < -0.39 is 14.3 Å². The van der Waals surface area contributed by atoms with E-state index in [4.69, 9.17) is 16.0 Å². The van der Waals surface area contributed by atoms with E-state index in [-0.39, 0.29) is 15.6 Å². The van der Waals surface area contributed by atoms with Crippen LogP contribution in [0.5, 0.6) is 5.75 Å². The molecule has 0 atom stereocenters. The molecule has 0 aliphatic heterocycles. The number of aromatic carboxylic acids is 1. The number of rotatable bonds is 3. The number of hydrogen-bond donors (Lipinski definition) is 1. The molecule has 0 fully saturated rings. The number of carboxylic acid groups (broad SMARTS) is 1. The Morgan fingerprint density at radius 2 is 1.89 bits per heavy atom. The second-order valence-electron chi connectivity index (χ2n) is 5.78. The van der Waals surface area contributed by atoms with Crippen molar-refractivity contribution < 1.29 is 14.3 Å². The molecule has 0 amide bonds. The minimum Gasteiger partial charge on any atom is -0.543 e. The Bertz CT molecular complexity index is 464. The smallest absolute Gasteiger partial charge is 0.340 e. The molecule has 0 saturated heterocycles. The van der Waals surface area contributed by atoms with Crippen molar-refractivity contribution in [2.75, 3.05) is 0 Å². The Kier molecular flexibility index (Phi) is 4.13. The molecule has 0 spiro atoms. The summed E-state index contributed by atoms with van der Waals surface area (Å²) in [6.45, 7) is 10.4. The van der Waals surface area contributed by atoms with Gasteiger partial charge in [-0.25, -0.2) is 4.79 Å². The normalized spacial score (nSPS) is 12.3. The summed E-state index contributed by atoms with van der Waals surface area (Å²) in [7, 11) is -2.07. The first-order valence-electron chi connectivity index (χ1n) is 5.77. The van der Waals surface area contributed by atoms with Crippen LogP contribution < -0.4 is 4.43 Å². The van der Waals surface area contributed by atoms with Gasteiger partial charge in [0.25, 0.3) is 8.32 Å². The highest BCUT2D eigenvalue weighted by Gasteiger charge is 2.39. The lowest BCUT2D eigenvalue weighted by molar-refractivity contribution is 0.0695. The fourth-order valence-electron chi connectivity index (χ4n) is 1.22. The van der Waals surface area contributed by atoms with Gasteiger partial charge >= 0.3 is 5.97 Å². The molecule has 0 radical (unpaired) electrons. The molecule has 0 saturated carbocycles. The van der Waals surface area contributed by atoms with Crippen molar-refractivity contribution in [3.8, 4) is 5.75 Å². The quantitative estimate of drug-likeness (QED) is 0.837. The highest BCUT2D eigenvalue weighted by atomic mass is 35.5. The highest BCUT2D eigenvalue weighted by Crippen LogP contribution is 2.39. The van der Waals surface area contributed by atoms with Gasteiger partial charge in [-0.3, -0.25) is 0 Å². The summed E-state index contributed by atoms with van der Waals surface area (Å²) in [4.78, 5) is 11.2. The third kappa shape index (κ3) is 3.06. The Hall–Kier alpha value is -1.00. The first kappa shape index (κ1) is 15.1. The fraction of sp³-hybridized carbons (Fsp3) is 0.462. The van der Waals surface area contributed by atoms with Crippen LogP contribution in [0.2, 0.25) is 23.2 Å². The molecular formula is C13H19ClO3Si. The first-order chi connectivity index (χ1) is 8.06. The zero-order valence-corrected chi connectivity index (χ0v) is 13.1. The molecule has 0 aliphatic carbocycles. The highest BCUT2D eigenvalue weighted by molar-refractivity contribution is 6.74. The molecule has 5 heteroatoms. The van der Waals surface area contributed by atoms with E-state index in [0.717, 1.165) is 0 Å². The average molecular weight is 287 g/mol. The molecule has 100 valence electrons. The van der Waals surface area contributed by atoms with Gasteiger partial charge in [-0.2, -0.15) is 0 Å². The van der Waals surface area contributed by atoms with Gasteiger partial charge in [-0.1, -0.05) is 38.4 Å². The Labute approximate surface area is 114 Å². The van der Waals surface area contributed by atoms with Crippen molar-refractivity contribution in [2.45, 2.75) is 38.9 Å². The summed E-state index contributed by atoms with van der Waals surface area (Å²) >= 11 is 5.92. The van der Waals surface area contributed by atoms with Gasteiger partial charge in [-0.15, -0.1) is 0 Å². The molecule has 0 bridgehead atoms. The van der Waals surface area contributed by atoms with Gasteiger partial charge in [0.15, 0.2) is 0 Å². The van der Waals surface area contributed by atoms with Crippen molar-refractivity contribution in [1.82, 2.24) is 0 Å². The van der Waals surface area contributed by atoms with Crippen LogP contribution in [0.15, 0.2) is 18.2 Å². The van der Waals surface area contributed by atoms with Crippen LogP contribution in [0.3, 0.4) is 0 Å². The third-order valence-electron chi connectivity index (χ3n) is 3.36. The van der Waals surface area contributed by atoms with Gasteiger partial charge in [0.1, 0.15) is 11.3 Å². The van der Waals surface area contributed by atoms with Gasteiger partial charge in [-0.05, 0) is 30.3 Å². The van der Waals surface area contributed by atoms with Crippen molar-refractivity contribution >= 4 is 25.9 Å². The van der Waals surface area contributed by atoms with E-state index in [0.29, 0.717) is 5.75 Å². The van der Waals surface area contributed by atoms with E-state index >= 15 is 0 Å². The van der Waals surface area contributed by atoms with Crippen LogP contribution in [0.1, 0.15) is 31.1 Å². The molecule has 18 heavy (non-hydrogen) atoms. The molecular weight excluding hydrogens is 268 g/mol. The van der Waals surface area contributed by atoms with Gasteiger partial charge < -0.3 is 9.53 Å². The van der Waals surface area contributed by atoms with Crippen molar-refractivity contribution in [3.05, 3.63) is 28.8 Å². The third-order valence-corrected chi connectivity index (χ3v) is 8.02. The lowest BCUT2D eigenvalue weighted by atomic mass is 10.2. The minimum absolute atomic E-state index is 0.00505. The topological polar surface area (TPSA) is 46.5 Å². The lowest BCUT2D eigenvalue weighted by Crippen LogP contribution is -2.44. The van der Waals surface area contributed by atoms with Gasteiger partial charge in [0.2, 0.25) is 0 Å². The Morgan fingerprint density at radius 1 is 1.33 bits per heavy atom. The predicted molar refractivity (Wildman–Crippen MR) is 76.2 cm³/mol. The summed E-state index contributed by atoms with van der Waals surface area (Å²) in [5.41, 5.74) is 0.0454. The van der Waals surface area contributed by atoms with Gasteiger partial charge in [0, 0.05) is 0 Å². The van der Waals surface area contributed by atoms with E-state index in [1.165, 1.54) is 0 Å². The largest absolute Gasteiger partial charge is 0.543 e. The maximum Gasteiger partial charge on any atom is 0.340 e. The second-order valence-corrected chi connectivity index (χ2v) is 10.9. The lowest BCUT2D eigenvalue weighted by Gasteiger charge is -2.36. The minimum atomic E-state index is -2.07. The fourth-order valence-corrected chi connectivity index (χ4v) is 2.50. The molecule has 0 aliphatic rings. The van der Waals surface area contributed by atoms with Crippen LogP contribution in [0, 0.1) is 0 Å². The maximum atomic E-state index is 11.2. The van der Waals surface area contributed by atoms with Gasteiger partial charge in [0.05, 0.1) is 5.02 Å². The molecule has 0 heterocycles. The van der Waals surface area contributed by atoms with Crippen LogP contribution in [0.4, 0.5) is 0 Å². The molecule has 1 N–H and O–H groups in total. The monoisotopic (exact) mass is 286 g/mol. The molecule has 3 nitrogen and oxygen atoms in total. The molecule has 0 aromatic heterocycles. The number of carboxylic acids is 1.